The normalized spacial score (nSPS) is 31.6. The molecule has 2 aliphatic rings. The van der Waals surface area contributed by atoms with E-state index >= 15 is 0 Å². The topological polar surface area (TPSA) is 58.4 Å². The summed E-state index contributed by atoms with van der Waals surface area (Å²) in [4.78, 5) is 13.6. The highest BCUT2D eigenvalue weighted by molar-refractivity contribution is 5.85. The number of likely N-dealkylation sites (tertiary alicyclic amines) is 1. The Kier molecular flexibility index (Phi) is 5.69. The minimum absolute atomic E-state index is 0. The lowest BCUT2D eigenvalue weighted by Crippen LogP contribution is -2.47. The number of nitrogens with two attached hydrogens (primary N) is 1. The highest BCUT2D eigenvalue weighted by Crippen LogP contribution is 2.37. The standard InChI is InChI=1S/C12H20F3N3O.ClH/c1-7(11(19)17-6-12(13,14)15)18-4-8-2-3-10(16)9(8)5-18;/h7-10H,2-6,16H2,1H3,(H,17,19);1H. The molecule has 0 aromatic rings. The van der Waals surface area contributed by atoms with E-state index in [4.69, 9.17) is 5.73 Å². The highest BCUT2D eigenvalue weighted by atomic mass is 35.5. The number of amides is 1. The van der Waals surface area contributed by atoms with E-state index in [9.17, 15) is 18.0 Å². The molecule has 4 atom stereocenters. The first-order chi connectivity index (χ1) is 8.78. The summed E-state index contributed by atoms with van der Waals surface area (Å²) in [5.41, 5.74) is 6.00. The molecular weight excluding hydrogens is 295 g/mol. The van der Waals surface area contributed by atoms with Gasteiger partial charge in [-0.15, -0.1) is 12.4 Å². The third-order valence-electron chi connectivity index (χ3n) is 4.33. The van der Waals surface area contributed by atoms with E-state index in [0.717, 1.165) is 19.4 Å². The van der Waals surface area contributed by atoms with Crippen LogP contribution in [-0.2, 0) is 4.79 Å². The van der Waals surface area contributed by atoms with Gasteiger partial charge in [-0.05, 0) is 31.6 Å². The summed E-state index contributed by atoms with van der Waals surface area (Å²) in [5, 5.41) is 1.94. The fourth-order valence-electron chi connectivity index (χ4n) is 3.16. The second-order valence-electron chi connectivity index (χ2n) is 5.63. The Bertz CT molecular complexity index is 353. The predicted octanol–water partition coefficient (Wildman–Crippen LogP) is 1.14. The molecular formula is C12H21ClF3N3O. The van der Waals surface area contributed by atoms with Crippen molar-refractivity contribution in [1.82, 2.24) is 10.2 Å². The maximum absolute atomic E-state index is 12.1. The van der Waals surface area contributed by atoms with Crippen LogP contribution < -0.4 is 11.1 Å². The summed E-state index contributed by atoms with van der Waals surface area (Å²) in [6, 6.07) is -0.361. The Labute approximate surface area is 122 Å². The molecule has 1 aliphatic carbocycles. The Hall–Kier alpha value is -0.530. The van der Waals surface area contributed by atoms with Crippen molar-refractivity contribution >= 4 is 18.3 Å². The summed E-state index contributed by atoms with van der Waals surface area (Å²) in [6.45, 7) is 1.86. The van der Waals surface area contributed by atoms with Gasteiger partial charge in [-0.2, -0.15) is 13.2 Å². The number of carbonyl (C=O) groups excluding carboxylic acids is 1. The van der Waals surface area contributed by atoms with Crippen molar-refractivity contribution in [2.24, 2.45) is 17.6 Å². The summed E-state index contributed by atoms with van der Waals surface area (Å²) in [5.74, 6) is 0.316. The number of nitrogens with one attached hydrogen (secondary N) is 1. The SMILES string of the molecule is CC(C(=O)NCC(F)(F)F)N1CC2CCC(N)C2C1.Cl. The highest BCUT2D eigenvalue weighted by Gasteiger charge is 2.43. The number of alkyl halides is 3. The van der Waals surface area contributed by atoms with E-state index in [-0.39, 0.29) is 18.4 Å². The second kappa shape index (κ2) is 6.49. The van der Waals surface area contributed by atoms with Crippen LogP contribution in [0, 0.1) is 11.8 Å². The second-order valence-corrected chi connectivity index (χ2v) is 5.63. The predicted molar refractivity (Wildman–Crippen MR) is 71.5 cm³/mol. The van der Waals surface area contributed by atoms with Gasteiger partial charge in [-0.3, -0.25) is 9.69 Å². The van der Waals surface area contributed by atoms with Crippen molar-refractivity contribution < 1.29 is 18.0 Å². The van der Waals surface area contributed by atoms with E-state index in [2.05, 4.69) is 0 Å². The van der Waals surface area contributed by atoms with Crippen molar-refractivity contribution in [2.75, 3.05) is 19.6 Å². The zero-order chi connectivity index (χ0) is 14.2. The van der Waals surface area contributed by atoms with Crippen LogP contribution >= 0.6 is 12.4 Å². The maximum atomic E-state index is 12.1. The van der Waals surface area contributed by atoms with Crippen LogP contribution in [0.25, 0.3) is 0 Å². The molecule has 20 heavy (non-hydrogen) atoms. The van der Waals surface area contributed by atoms with Gasteiger partial charge < -0.3 is 11.1 Å². The minimum Gasteiger partial charge on any atom is -0.346 e. The first-order valence-electron chi connectivity index (χ1n) is 6.62. The van der Waals surface area contributed by atoms with Crippen molar-refractivity contribution in [1.29, 1.82) is 0 Å². The molecule has 2 fully saturated rings. The lowest BCUT2D eigenvalue weighted by molar-refractivity contribution is -0.141. The number of fused-ring (bicyclic) bond motifs is 1. The van der Waals surface area contributed by atoms with Crippen molar-refractivity contribution in [3.05, 3.63) is 0 Å². The molecule has 1 aliphatic heterocycles. The first-order valence-corrected chi connectivity index (χ1v) is 6.62. The van der Waals surface area contributed by atoms with Crippen LogP contribution in [0.1, 0.15) is 19.8 Å². The minimum atomic E-state index is -4.36. The van der Waals surface area contributed by atoms with Gasteiger partial charge in [0.1, 0.15) is 6.54 Å². The zero-order valence-electron chi connectivity index (χ0n) is 11.3. The maximum Gasteiger partial charge on any atom is 0.405 e. The van der Waals surface area contributed by atoms with E-state index in [0.29, 0.717) is 18.4 Å². The van der Waals surface area contributed by atoms with Crippen LogP contribution in [0.5, 0.6) is 0 Å². The number of nitrogens with zero attached hydrogens (tertiary/aromatic N) is 1. The molecule has 8 heteroatoms. The van der Waals surface area contributed by atoms with Gasteiger partial charge in [-0.25, -0.2) is 0 Å². The lowest BCUT2D eigenvalue weighted by Gasteiger charge is -2.25. The number of rotatable bonds is 3. The van der Waals surface area contributed by atoms with Crippen molar-refractivity contribution in [3.8, 4) is 0 Å². The van der Waals surface area contributed by atoms with Crippen molar-refractivity contribution in [2.45, 2.75) is 38.0 Å². The van der Waals surface area contributed by atoms with E-state index in [1.165, 1.54) is 0 Å². The Balaban J connectivity index is 0.00000200. The molecule has 1 saturated carbocycles. The Morgan fingerprint density at radius 2 is 2.05 bits per heavy atom. The molecule has 0 aromatic carbocycles. The van der Waals surface area contributed by atoms with Crippen LogP contribution in [0.15, 0.2) is 0 Å². The Morgan fingerprint density at radius 3 is 2.60 bits per heavy atom. The van der Waals surface area contributed by atoms with Gasteiger partial charge in [0.25, 0.3) is 0 Å². The van der Waals surface area contributed by atoms with Crippen LogP contribution in [-0.4, -0.2) is 48.7 Å². The third kappa shape index (κ3) is 3.99. The molecule has 4 nitrogen and oxygen atoms in total. The van der Waals surface area contributed by atoms with E-state index < -0.39 is 24.7 Å². The fourth-order valence-corrected chi connectivity index (χ4v) is 3.16. The van der Waals surface area contributed by atoms with Crippen LogP contribution in [0.4, 0.5) is 13.2 Å². The molecule has 0 bridgehead atoms. The fraction of sp³-hybridized carbons (Fsp3) is 0.917. The zero-order valence-corrected chi connectivity index (χ0v) is 12.1. The summed E-state index contributed by atoms with van der Waals surface area (Å²) >= 11 is 0. The molecule has 1 amide bonds. The number of halogens is 4. The molecule has 0 radical (unpaired) electrons. The third-order valence-corrected chi connectivity index (χ3v) is 4.33. The van der Waals surface area contributed by atoms with Gasteiger partial charge in [0.05, 0.1) is 6.04 Å². The van der Waals surface area contributed by atoms with Gasteiger partial charge in [0.2, 0.25) is 5.91 Å². The average Bonchev–Trinajstić information content (AvgIpc) is 2.87. The molecule has 118 valence electrons. The van der Waals surface area contributed by atoms with Gasteiger partial charge in [0, 0.05) is 19.1 Å². The first kappa shape index (κ1) is 17.5. The molecule has 0 spiro atoms. The molecule has 3 N–H and O–H groups in total. The molecule has 1 heterocycles. The number of hydrogen-bond acceptors (Lipinski definition) is 3. The summed E-state index contributed by atoms with van der Waals surface area (Å²) in [6.07, 6.45) is -2.30. The van der Waals surface area contributed by atoms with E-state index in [1.807, 2.05) is 10.2 Å². The quantitative estimate of drug-likeness (QED) is 0.821. The lowest BCUT2D eigenvalue weighted by atomic mass is 9.98. The van der Waals surface area contributed by atoms with Crippen LogP contribution in [0.3, 0.4) is 0 Å². The Morgan fingerprint density at radius 1 is 1.40 bits per heavy atom. The van der Waals surface area contributed by atoms with Gasteiger partial charge in [0.15, 0.2) is 0 Å². The number of hydrogen-bond donors (Lipinski definition) is 2. The number of carbonyl (C=O) groups is 1. The van der Waals surface area contributed by atoms with E-state index in [1.54, 1.807) is 6.92 Å². The summed E-state index contributed by atoms with van der Waals surface area (Å²) in [7, 11) is 0. The van der Waals surface area contributed by atoms with Crippen molar-refractivity contribution in [3.63, 3.8) is 0 Å². The summed E-state index contributed by atoms with van der Waals surface area (Å²) < 4.78 is 36.2. The molecule has 4 unspecified atom stereocenters. The smallest absolute Gasteiger partial charge is 0.346 e. The van der Waals surface area contributed by atoms with Gasteiger partial charge >= 0.3 is 6.18 Å². The van der Waals surface area contributed by atoms with Crippen LogP contribution in [0.2, 0.25) is 0 Å². The molecule has 0 aromatic heterocycles. The average molecular weight is 316 g/mol. The largest absolute Gasteiger partial charge is 0.405 e. The monoisotopic (exact) mass is 315 g/mol. The molecule has 2 rings (SSSR count). The van der Waals surface area contributed by atoms with Gasteiger partial charge in [-0.1, -0.05) is 0 Å². The molecule has 1 saturated heterocycles.